The third-order valence-corrected chi connectivity index (χ3v) is 3.05. The molecule has 1 heteroatoms. The largest absolute Gasteiger partial charge is 0.390 e. The highest BCUT2D eigenvalue weighted by Gasteiger charge is 2.24. The van der Waals surface area contributed by atoms with Gasteiger partial charge >= 0.3 is 0 Å². The van der Waals surface area contributed by atoms with Gasteiger partial charge in [0, 0.05) is 6.42 Å². The van der Waals surface area contributed by atoms with E-state index < -0.39 is 5.60 Å². The molecule has 0 spiro atoms. The number of benzene rings is 1. The van der Waals surface area contributed by atoms with E-state index in [1.54, 1.807) is 0 Å². The first-order chi connectivity index (χ1) is 7.59. The Kier molecular flexibility index (Phi) is 5.01. The molecule has 0 heterocycles. The van der Waals surface area contributed by atoms with Crippen molar-refractivity contribution in [3.8, 4) is 0 Å². The quantitative estimate of drug-likeness (QED) is 0.771. The lowest BCUT2D eigenvalue weighted by atomic mass is 9.86. The van der Waals surface area contributed by atoms with E-state index in [4.69, 9.17) is 0 Å². The van der Waals surface area contributed by atoms with Gasteiger partial charge in [-0.2, -0.15) is 0 Å². The normalized spacial score (nSPS) is 11.8. The van der Waals surface area contributed by atoms with Gasteiger partial charge in [0.1, 0.15) is 0 Å². The van der Waals surface area contributed by atoms with E-state index in [-0.39, 0.29) is 0 Å². The molecule has 0 amide bonds. The molecule has 0 radical (unpaired) electrons. The smallest absolute Gasteiger partial charge is 0.0687 e. The SMILES string of the molecule is CCCC(O)(CCC)Cc1cccc(C)c1. The summed E-state index contributed by atoms with van der Waals surface area (Å²) in [5, 5.41) is 10.6. The maximum Gasteiger partial charge on any atom is 0.0687 e. The summed E-state index contributed by atoms with van der Waals surface area (Å²) in [6.07, 6.45) is 4.67. The second-order valence-corrected chi connectivity index (χ2v) is 4.89. The molecular formula is C15H24O. The zero-order valence-electron chi connectivity index (χ0n) is 10.8. The summed E-state index contributed by atoms with van der Waals surface area (Å²) >= 11 is 0. The summed E-state index contributed by atoms with van der Waals surface area (Å²) in [4.78, 5) is 0. The van der Waals surface area contributed by atoms with Gasteiger partial charge in [0.15, 0.2) is 0 Å². The van der Waals surface area contributed by atoms with Gasteiger partial charge in [-0.1, -0.05) is 56.5 Å². The van der Waals surface area contributed by atoms with Crippen molar-refractivity contribution in [1.29, 1.82) is 0 Å². The van der Waals surface area contributed by atoms with Gasteiger partial charge in [-0.05, 0) is 25.3 Å². The van der Waals surface area contributed by atoms with Crippen molar-refractivity contribution in [3.05, 3.63) is 35.4 Å². The van der Waals surface area contributed by atoms with Gasteiger partial charge in [0.2, 0.25) is 0 Å². The fraction of sp³-hybridized carbons (Fsp3) is 0.600. The van der Waals surface area contributed by atoms with Crippen LogP contribution in [0.2, 0.25) is 0 Å². The third kappa shape index (κ3) is 3.97. The lowest BCUT2D eigenvalue weighted by molar-refractivity contribution is 0.0216. The highest BCUT2D eigenvalue weighted by molar-refractivity contribution is 5.23. The zero-order valence-corrected chi connectivity index (χ0v) is 10.8. The van der Waals surface area contributed by atoms with Crippen LogP contribution in [0.15, 0.2) is 24.3 Å². The second kappa shape index (κ2) is 6.05. The monoisotopic (exact) mass is 220 g/mol. The van der Waals surface area contributed by atoms with Crippen molar-refractivity contribution in [2.24, 2.45) is 0 Å². The second-order valence-electron chi connectivity index (χ2n) is 4.89. The summed E-state index contributed by atoms with van der Waals surface area (Å²) in [5.41, 5.74) is 2.02. The molecule has 1 aromatic carbocycles. The van der Waals surface area contributed by atoms with Gasteiger partial charge in [0.05, 0.1) is 5.60 Å². The first-order valence-electron chi connectivity index (χ1n) is 6.37. The van der Waals surface area contributed by atoms with Crippen molar-refractivity contribution in [2.45, 2.75) is 58.5 Å². The zero-order chi connectivity index (χ0) is 12.0. The molecule has 1 rings (SSSR count). The molecule has 0 aliphatic heterocycles. The fourth-order valence-electron chi connectivity index (χ4n) is 2.43. The maximum absolute atomic E-state index is 10.6. The predicted octanol–water partition coefficient (Wildman–Crippen LogP) is 3.87. The van der Waals surface area contributed by atoms with Crippen LogP contribution in [-0.4, -0.2) is 10.7 Å². The highest BCUT2D eigenvalue weighted by atomic mass is 16.3. The van der Waals surface area contributed by atoms with Crippen LogP contribution < -0.4 is 0 Å². The van der Waals surface area contributed by atoms with Gasteiger partial charge in [-0.25, -0.2) is 0 Å². The number of hydrogen-bond donors (Lipinski definition) is 1. The molecule has 0 unspecified atom stereocenters. The average Bonchev–Trinajstić information content (AvgIpc) is 2.17. The molecule has 1 aromatic rings. The molecule has 16 heavy (non-hydrogen) atoms. The van der Waals surface area contributed by atoms with E-state index in [1.807, 2.05) is 0 Å². The molecular weight excluding hydrogens is 196 g/mol. The number of aliphatic hydroxyl groups is 1. The lowest BCUT2D eigenvalue weighted by Crippen LogP contribution is -2.31. The van der Waals surface area contributed by atoms with E-state index in [0.29, 0.717) is 0 Å². The Morgan fingerprint density at radius 3 is 2.25 bits per heavy atom. The van der Waals surface area contributed by atoms with Gasteiger partial charge in [0.25, 0.3) is 0 Å². The van der Waals surface area contributed by atoms with E-state index in [2.05, 4.69) is 45.0 Å². The predicted molar refractivity (Wildman–Crippen MR) is 69.6 cm³/mol. The van der Waals surface area contributed by atoms with Crippen LogP contribution in [0.1, 0.15) is 50.7 Å². The first kappa shape index (κ1) is 13.2. The van der Waals surface area contributed by atoms with Gasteiger partial charge < -0.3 is 5.11 Å². The van der Waals surface area contributed by atoms with E-state index in [1.165, 1.54) is 11.1 Å². The molecule has 0 atom stereocenters. The minimum atomic E-state index is -0.503. The molecule has 0 fully saturated rings. The average molecular weight is 220 g/mol. The topological polar surface area (TPSA) is 20.2 Å². The number of aryl methyl sites for hydroxylation is 1. The summed E-state index contributed by atoms with van der Waals surface area (Å²) in [5.74, 6) is 0. The Labute approximate surface area is 99.5 Å². The Morgan fingerprint density at radius 1 is 1.12 bits per heavy atom. The molecule has 0 saturated carbocycles. The van der Waals surface area contributed by atoms with Crippen LogP contribution >= 0.6 is 0 Å². The minimum absolute atomic E-state index is 0.503. The van der Waals surface area contributed by atoms with Crippen LogP contribution in [0.3, 0.4) is 0 Å². The number of rotatable bonds is 6. The van der Waals surface area contributed by atoms with E-state index in [9.17, 15) is 5.11 Å². The summed E-state index contributed by atoms with van der Waals surface area (Å²) in [7, 11) is 0. The third-order valence-electron chi connectivity index (χ3n) is 3.05. The molecule has 0 saturated heterocycles. The molecule has 0 aliphatic carbocycles. The summed E-state index contributed by atoms with van der Waals surface area (Å²) in [6, 6.07) is 8.46. The highest BCUT2D eigenvalue weighted by Crippen LogP contribution is 2.24. The summed E-state index contributed by atoms with van der Waals surface area (Å²) < 4.78 is 0. The van der Waals surface area contributed by atoms with Crippen LogP contribution in [0.5, 0.6) is 0 Å². The Balaban J connectivity index is 2.74. The van der Waals surface area contributed by atoms with Crippen molar-refractivity contribution in [2.75, 3.05) is 0 Å². The van der Waals surface area contributed by atoms with Crippen molar-refractivity contribution < 1.29 is 5.11 Å². The van der Waals surface area contributed by atoms with Crippen molar-refractivity contribution >= 4 is 0 Å². The molecule has 0 bridgehead atoms. The van der Waals surface area contributed by atoms with Gasteiger partial charge in [-0.15, -0.1) is 0 Å². The molecule has 0 aromatic heterocycles. The molecule has 90 valence electrons. The van der Waals surface area contributed by atoms with Gasteiger partial charge in [-0.3, -0.25) is 0 Å². The van der Waals surface area contributed by atoms with E-state index in [0.717, 1.165) is 32.1 Å². The van der Waals surface area contributed by atoms with E-state index >= 15 is 0 Å². The molecule has 1 nitrogen and oxygen atoms in total. The Morgan fingerprint density at radius 2 is 1.75 bits per heavy atom. The van der Waals surface area contributed by atoms with Crippen LogP contribution in [0.25, 0.3) is 0 Å². The van der Waals surface area contributed by atoms with Crippen molar-refractivity contribution in [1.82, 2.24) is 0 Å². The fourth-order valence-corrected chi connectivity index (χ4v) is 2.43. The van der Waals surface area contributed by atoms with Crippen LogP contribution in [-0.2, 0) is 6.42 Å². The van der Waals surface area contributed by atoms with Crippen molar-refractivity contribution in [3.63, 3.8) is 0 Å². The van der Waals surface area contributed by atoms with Crippen LogP contribution in [0.4, 0.5) is 0 Å². The maximum atomic E-state index is 10.6. The summed E-state index contributed by atoms with van der Waals surface area (Å²) in [6.45, 7) is 6.37. The number of hydrogen-bond acceptors (Lipinski definition) is 1. The first-order valence-corrected chi connectivity index (χ1v) is 6.37. The lowest BCUT2D eigenvalue weighted by Gasteiger charge is -2.27. The Bertz CT molecular complexity index is 311. The minimum Gasteiger partial charge on any atom is -0.390 e. The van der Waals surface area contributed by atoms with Crippen LogP contribution in [0, 0.1) is 6.92 Å². The molecule has 0 aliphatic rings. The Hall–Kier alpha value is -0.820. The standard InChI is InChI=1S/C15H24O/c1-4-9-15(16,10-5-2)12-14-8-6-7-13(3)11-14/h6-8,11,16H,4-5,9-10,12H2,1-3H3. The molecule has 1 N–H and O–H groups in total.